The summed E-state index contributed by atoms with van der Waals surface area (Å²) < 4.78 is 3.47. The van der Waals surface area contributed by atoms with Crippen LogP contribution in [0.2, 0.25) is 0 Å². The summed E-state index contributed by atoms with van der Waals surface area (Å²) in [4.78, 5) is 14.6. The van der Waals surface area contributed by atoms with Gasteiger partial charge in [0.05, 0.1) is 0 Å². The molecule has 8 heteroatoms. The van der Waals surface area contributed by atoms with Crippen molar-refractivity contribution in [2.75, 3.05) is 19.3 Å². The largest absolute Gasteiger partial charge is 0.382 e. The zero-order valence-corrected chi connectivity index (χ0v) is 18.3. The highest BCUT2D eigenvalue weighted by molar-refractivity contribution is 14.1. The van der Waals surface area contributed by atoms with E-state index in [-0.39, 0.29) is 0 Å². The topological polar surface area (TPSA) is 81.7 Å². The van der Waals surface area contributed by atoms with Crippen LogP contribution in [0.5, 0.6) is 0 Å². The van der Waals surface area contributed by atoms with Crippen LogP contribution in [0, 0.1) is 3.57 Å². The number of nitrogens with two attached hydrogens (primary N) is 1. The lowest BCUT2D eigenvalue weighted by Crippen LogP contribution is -2.09. The van der Waals surface area contributed by atoms with Crippen LogP contribution in [0.25, 0.3) is 11.2 Å². The van der Waals surface area contributed by atoms with Gasteiger partial charge in [0, 0.05) is 15.0 Å². The van der Waals surface area contributed by atoms with Crippen molar-refractivity contribution >= 4 is 51.3 Å². The molecule has 1 aliphatic rings. The number of anilines is 1. The summed E-state index contributed by atoms with van der Waals surface area (Å²) >= 11 is 4.15. The third-order valence-electron chi connectivity index (χ3n) is 4.93. The maximum absolute atomic E-state index is 6.06. The number of nitrogens with zero attached hydrogens (tertiary/aromatic N) is 4. The molecule has 3 N–H and O–H groups in total. The summed E-state index contributed by atoms with van der Waals surface area (Å²) in [5.41, 5.74) is 10.6. The van der Waals surface area contributed by atoms with Crippen LogP contribution in [0.3, 0.4) is 0 Å². The summed E-state index contributed by atoms with van der Waals surface area (Å²) in [6.07, 6.45) is 7.33. The van der Waals surface area contributed by atoms with Gasteiger partial charge in [-0.05, 0) is 91.5 Å². The number of aromatic nitrogens is 4. The first-order valence-electron chi connectivity index (χ1n) is 9.28. The number of fused-ring (bicyclic) bond motifs is 2. The van der Waals surface area contributed by atoms with Crippen molar-refractivity contribution in [3.63, 3.8) is 0 Å². The Hall–Kier alpha value is -1.39. The predicted molar refractivity (Wildman–Crippen MR) is 118 cm³/mol. The van der Waals surface area contributed by atoms with E-state index in [2.05, 4.69) is 54.6 Å². The molecule has 0 saturated carbocycles. The number of rotatable bonds is 7. The molecule has 0 radical (unpaired) electrons. The Morgan fingerprint density at radius 3 is 2.85 bits per heavy atom. The monoisotopic (exact) mass is 494 g/mol. The third kappa shape index (κ3) is 3.93. The van der Waals surface area contributed by atoms with Crippen molar-refractivity contribution in [3.05, 3.63) is 33.2 Å². The van der Waals surface area contributed by atoms with Gasteiger partial charge in [0.1, 0.15) is 6.33 Å². The van der Waals surface area contributed by atoms with Crippen molar-refractivity contribution in [2.24, 2.45) is 0 Å². The third-order valence-corrected chi connectivity index (χ3v) is 7.24. The summed E-state index contributed by atoms with van der Waals surface area (Å²) in [5, 5.41) is 4.15. The van der Waals surface area contributed by atoms with Gasteiger partial charge in [-0.1, -0.05) is 11.8 Å². The lowest BCUT2D eigenvalue weighted by molar-refractivity contribution is 0.568. The van der Waals surface area contributed by atoms with E-state index in [1.54, 1.807) is 11.8 Å². The Labute approximate surface area is 176 Å². The Balaban J connectivity index is 1.69. The molecule has 0 saturated heterocycles. The van der Waals surface area contributed by atoms with E-state index in [1.165, 1.54) is 45.2 Å². The Bertz CT molecular complexity index is 970. The summed E-state index contributed by atoms with van der Waals surface area (Å²) in [6, 6.07) is 4.67. The zero-order chi connectivity index (χ0) is 18.8. The molecule has 142 valence electrons. The second-order valence-electron chi connectivity index (χ2n) is 6.79. The fourth-order valence-corrected chi connectivity index (χ4v) is 5.37. The van der Waals surface area contributed by atoms with E-state index in [0.717, 1.165) is 36.7 Å². The predicted octanol–water partition coefficient (Wildman–Crippen LogP) is 3.65. The first-order valence-corrected chi connectivity index (χ1v) is 11.2. The number of imidazole rings is 1. The Kier molecular flexibility index (Phi) is 5.84. The van der Waals surface area contributed by atoms with Gasteiger partial charge in [-0.25, -0.2) is 15.0 Å². The highest BCUT2D eigenvalue weighted by Crippen LogP contribution is 2.37. The van der Waals surface area contributed by atoms with Gasteiger partial charge >= 0.3 is 0 Å². The number of aryl methyl sites for hydroxylation is 3. The van der Waals surface area contributed by atoms with E-state index in [9.17, 15) is 0 Å². The summed E-state index contributed by atoms with van der Waals surface area (Å²) in [5.74, 6) is 0.444. The average molecular weight is 494 g/mol. The molecule has 27 heavy (non-hydrogen) atoms. The fourth-order valence-electron chi connectivity index (χ4n) is 3.53. The molecule has 2 aromatic heterocycles. The molecule has 6 nitrogen and oxygen atoms in total. The van der Waals surface area contributed by atoms with Gasteiger partial charge in [0.25, 0.3) is 0 Å². The lowest BCUT2D eigenvalue weighted by atomic mass is 10.1. The van der Waals surface area contributed by atoms with Crippen LogP contribution in [0.1, 0.15) is 30.4 Å². The Morgan fingerprint density at radius 2 is 2.04 bits per heavy atom. The highest BCUT2D eigenvalue weighted by Gasteiger charge is 2.19. The number of nitrogens with one attached hydrogen (secondary N) is 1. The highest BCUT2D eigenvalue weighted by atomic mass is 127. The number of nitrogen functional groups attached to an aromatic ring is 1. The van der Waals surface area contributed by atoms with Crippen molar-refractivity contribution in [2.45, 2.75) is 48.7 Å². The second-order valence-corrected chi connectivity index (χ2v) is 8.97. The molecule has 0 fully saturated rings. The molecule has 3 aromatic rings. The van der Waals surface area contributed by atoms with E-state index in [1.807, 2.05) is 7.05 Å². The number of halogens is 1. The maximum atomic E-state index is 6.06. The minimum Gasteiger partial charge on any atom is -0.382 e. The minimum atomic E-state index is 0.444. The molecule has 2 heterocycles. The fraction of sp³-hybridized carbons (Fsp3) is 0.421. The van der Waals surface area contributed by atoms with Gasteiger partial charge in [-0.2, -0.15) is 0 Å². The SMILES string of the molecule is CNCCCCn1c(Sc2cc3c(cc2I)CCC3)nc2c(N)ncnc21. The van der Waals surface area contributed by atoms with Crippen molar-refractivity contribution in [1.29, 1.82) is 0 Å². The molecule has 0 atom stereocenters. The quantitative estimate of drug-likeness (QED) is 0.386. The molecular weight excluding hydrogens is 471 g/mol. The molecule has 1 aliphatic carbocycles. The minimum absolute atomic E-state index is 0.444. The average Bonchev–Trinajstić information content (AvgIpc) is 3.24. The van der Waals surface area contributed by atoms with Gasteiger partial charge in [0.2, 0.25) is 0 Å². The first-order chi connectivity index (χ1) is 13.2. The van der Waals surface area contributed by atoms with Crippen LogP contribution < -0.4 is 11.1 Å². The molecule has 4 rings (SSSR count). The van der Waals surface area contributed by atoms with E-state index < -0.39 is 0 Å². The zero-order valence-electron chi connectivity index (χ0n) is 15.3. The van der Waals surface area contributed by atoms with E-state index in [0.29, 0.717) is 11.3 Å². The second kappa shape index (κ2) is 8.32. The van der Waals surface area contributed by atoms with Crippen LogP contribution in [-0.2, 0) is 19.4 Å². The van der Waals surface area contributed by atoms with Crippen LogP contribution >= 0.6 is 34.4 Å². The maximum Gasteiger partial charge on any atom is 0.175 e. The van der Waals surface area contributed by atoms with Crippen molar-refractivity contribution in [1.82, 2.24) is 24.8 Å². The van der Waals surface area contributed by atoms with Gasteiger partial charge in [-0.3, -0.25) is 0 Å². The smallest absolute Gasteiger partial charge is 0.175 e. The molecule has 0 bridgehead atoms. The summed E-state index contributed by atoms with van der Waals surface area (Å²) in [7, 11) is 1.98. The van der Waals surface area contributed by atoms with Crippen LogP contribution in [0.15, 0.2) is 28.5 Å². The molecule has 0 spiro atoms. The molecule has 0 unspecified atom stereocenters. The molecular formula is C19H23IN6S. The van der Waals surface area contributed by atoms with Gasteiger partial charge < -0.3 is 15.6 Å². The first kappa shape index (κ1) is 18.9. The number of benzene rings is 1. The number of unbranched alkanes of at least 4 members (excludes halogenated alkanes) is 1. The molecule has 0 amide bonds. The summed E-state index contributed by atoms with van der Waals surface area (Å²) in [6.45, 7) is 1.88. The lowest BCUT2D eigenvalue weighted by Gasteiger charge is -2.10. The van der Waals surface area contributed by atoms with E-state index >= 15 is 0 Å². The van der Waals surface area contributed by atoms with Crippen LogP contribution in [-0.4, -0.2) is 33.1 Å². The van der Waals surface area contributed by atoms with Gasteiger partial charge in [-0.15, -0.1) is 0 Å². The van der Waals surface area contributed by atoms with E-state index in [4.69, 9.17) is 10.7 Å². The van der Waals surface area contributed by atoms with Crippen molar-refractivity contribution in [3.8, 4) is 0 Å². The number of hydrogen-bond acceptors (Lipinski definition) is 6. The molecule has 1 aromatic carbocycles. The standard InChI is InChI=1S/C19H23IN6S/c1-22-7-2-3-8-26-18-16(17(21)23-11-24-18)25-19(26)27-15-10-13-6-4-5-12(13)9-14(15)20/h9-11,22H,2-8H2,1H3,(H2,21,23,24). The van der Waals surface area contributed by atoms with Crippen molar-refractivity contribution < 1.29 is 0 Å². The van der Waals surface area contributed by atoms with Gasteiger partial charge in [0.15, 0.2) is 22.1 Å². The number of hydrogen-bond donors (Lipinski definition) is 2. The normalized spacial score (nSPS) is 13.4. The molecule has 0 aliphatic heterocycles. The van der Waals surface area contributed by atoms with Crippen LogP contribution in [0.4, 0.5) is 5.82 Å². The Morgan fingerprint density at radius 1 is 1.22 bits per heavy atom.